The molecule has 2 amide bonds. The number of hydrogen-bond acceptors (Lipinski definition) is 6. The van der Waals surface area contributed by atoms with Crippen LogP contribution < -0.4 is 9.64 Å². The predicted octanol–water partition coefficient (Wildman–Crippen LogP) is 2.99. The van der Waals surface area contributed by atoms with E-state index in [1.54, 1.807) is 16.2 Å². The first kappa shape index (κ1) is 20.7. The van der Waals surface area contributed by atoms with E-state index >= 15 is 0 Å². The van der Waals surface area contributed by atoms with E-state index in [1.807, 2.05) is 41.8 Å². The van der Waals surface area contributed by atoms with Crippen molar-refractivity contribution in [3.05, 3.63) is 64.5 Å². The minimum absolute atomic E-state index is 0.00499. The average Bonchev–Trinajstić information content (AvgIpc) is 3.30. The van der Waals surface area contributed by atoms with Crippen molar-refractivity contribution in [3.8, 4) is 17.0 Å². The topological polar surface area (TPSA) is 72.0 Å². The second-order valence-corrected chi connectivity index (χ2v) is 8.68. The molecule has 8 heteroatoms. The highest BCUT2D eigenvalue weighted by atomic mass is 32.1. The Morgan fingerprint density at radius 1 is 1.09 bits per heavy atom. The van der Waals surface area contributed by atoms with Gasteiger partial charge in [0.2, 0.25) is 5.91 Å². The van der Waals surface area contributed by atoms with Crippen molar-refractivity contribution in [1.29, 1.82) is 0 Å². The summed E-state index contributed by atoms with van der Waals surface area (Å²) in [6.45, 7) is 2.08. The van der Waals surface area contributed by atoms with Gasteiger partial charge in [-0.15, -0.1) is 11.3 Å². The summed E-state index contributed by atoms with van der Waals surface area (Å²) in [5.74, 6) is 0.292. The molecule has 0 aliphatic carbocycles. The molecule has 32 heavy (non-hydrogen) atoms. The number of ether oxygens (including phenoxy) is 2. The highest BCUT2D eigenvalue weighted by molar-refractivity contribution is 7.10. The Morgan fingerprint density at radius 3 is 2.72 bits per heavy atom. The SMILES string of the molecule is O=C(CN1C(=O)COc2ccc(-c3csc(Cc4ccccc4)n3)cc21)N1CCOCC1. The molecule has 3 heterocycles. The molecule has 0 unspecified atom stereocenters. The van der Waals surface area contributed by atoms with Gasteiger partial charge in [0, 0.05) is 30.5 Å². The lowest BCUT2D eigenvalue weighted by Gasteiger charge is -2.32. The van der Waals surface area contributed by atoms with Crippen LogP contribution in [0.2, 0.25) is 0 Å². The summed E-state index contributed by atoms with van der Waals surface area (Å²) in [6.07, 6.45) is 0.776. The number of hydrogen-bond donors (Lipinski definition) is 0. The Bertz CT molecular complexity index is 1130. The largest absolute Gasteiger partial charge is 0.482 e. The zero-order valence-corrected chi connectivity index (χ0v) is 18.3. The lowest BCUT2D eigenvalue weighted by Crippen LogP contribution is -2.49. The predicted molar refractivity (Wildman–Crippen MR) is 122 cm³/mol. The number of amides is 2. The number of carbonyl (C=O) groups excluding carboxylic acids is 2. The van der Waals surface area contributed by atoms with Gasteiger partial charge in [-0.2, -0.15) is 0 Å². The van der Waals surface area contributed by atoms with Gasteiger partial charge in [-0.1, -0.05) is 30.3 Å². The quantitative estimate of drug-likeness (QED) is 0.599. The normalized spacial score (nSPS) is 15.9. The second-order valence-electron chi connectivity index (χ2n) is 7.73. The maximum Gasteiger partial charge on any atom is 0.265 e. The summed E-state index contributed by atoms with van der Waals surface area (Å²) in [6, 6.07) is 15.9. The molecular formula is C24H23N3O4S. The molecule has 7 nitrogen and oxygen atoms in total. The van der Waals surface area contributed by atoms with Gasteiger partial charge in [0.05, 0.1) is 29.6 Å². The van der Waals surface area contributed by atoms with E-state index in [-0.39, 0.29) is 25.0 Å². The Balaban J connectivity index is 1.38. The Labute approximate surface area is 190 Å². The molecule has 0 N–H and O–H groups in total. The lowest BCUT2D eigenvalue weighted by molar-refractivity contribution is -0.135. The van der Waals surface area contributed by atoms with Crippen molar-refractivity contribution in [2.75, 3.05) is 44.4 Å². The molecule has 0 atom stereocenters. The molecule has 1 aromatic heterocycles. The number of rotatable bonds is 5. The lowest BCUT2D eigenvalue weighted by atomic mass is 10.1. The third-order valence-corrected chi connectivity index (χ3v) is 6.45. The standard InChI is InChI=1S/C24H23N3O4S/c28-23(26-8-10-30-11-9-26)14-27-20-13-18(6-7-21(20)31-15-24(27)29)19-16-32-22(25-19)12-17-4-2-1-3-5-17/h1-7,13,16H,8-12,14-15H2. The van der Waals surface area contributed by atoms with Gasteiger partial charge >= 0.3 is 0 Å². The van der Waals surface area contributed by atoms with Crippen LogP contribution in [0.15, 0.2) is 53.9 Å². The van der Waals surface area contributed by atoms with Gasteiger partial charge in [0.1, 0.15) is 12.3 Å². The van der Waals surface area contributed by atoms with E-state index in [2.05, 4.69) is 12.1 Å². The second kappa shape index (κ2) is 9.10. The summed E-state index contributed by atoms with van der Waals surface area (Å²) in [5.41, 5.74) is 3.56. The van der Waals surface area contributed by atoms with Gasteiger partial charge in [-0.3, -0.25) is 14.5 Å². The summed E-state index contributed by atoms with van der Waals surface area (Å²) < 4.78 is 10.9. The maximum absolute atomic E-state index is 12.8. The molecule has 1 fully saturated rings. The minimum atomic E-state index is -0.223. The summed E-state index contributed by atoms with van der Waals surface area (Å²) in [7, 11) is 0. The smallest absolute Gasteiger partial charge is 0.265 e. The van der Waals surface area contributed by atoms with E-state index in [9.17, 15) is 9.59 Å². The van der Waals surface area contributed by atoms with Crippen molar-refractivity contribution in [3.63, 3.8) is 0 Å². The van der Waals surface area contributed by atoms with Gasteiger partial charge < -0.3 is 14.4 Å². The first-order chi connectivity index (χ1) is 15.7. The molecule has 0 saturated carbocycles. The fourth-order valence-electron chi connectivity index (χ4n) is 3.88. The molecule has 2 aliphatic heterocycles. The molecule has 2 aromatic carbocycles. The molecule has 0 bridgehead atoms. The Morgan fingerprint density at radius 2 is 1.91 bits per heavy atom. The van der Waals surface area contributed by atoms with Crippen LogP contribution in [0, 0.1) is 0 Å². The number of anilines is 1. The number of thiazole rings is 1. The number of fused-ring (bicyclic) bond motifs is 1. The van der Waals surface area contributed by atoms with Crippen LogP contribution >= 0.6 is 11.3 Å². The van der Waals surface area contributed by atoms with Crippen LogP contribution in [0.1, 0.15) is 10.6 Å². The minimum Gasteiger partial charge on any atom is -0.482 e. The molecule has 1 saturated heterocycles. The Hall–Kier alpha value is -3.23. The van der Waals surface area contributed by atoms with Crippen molar-refractivity contribution in [2.24, 2.45) is 0 Å². The van der Waals surface area contributed by atoms with Crippen LogP contribution in [-0.2, 0) is 20.7 Å². The summed E-state index contributed by atoms with van der Waals surface area (Å²) >= 11 is 1.61. The fourth-order valence-corrected chi connectivity index (χ4v) is 4.72. The molecule has 3 aromatic rings. The molecule has 0 spiro atoms. The summed E-state index contributed by atoms with van der Waals surface area (Å²) in [4.78, 5) is 33.5. The fraction of sp³-hybridized carbons (Fsp3) is 0.292. The van der Waals surface area contributed by atoms with Crippen LogP contribution in [0.3, 0.4) is 0 Å². The first-order valence-corrected chi connectivity index (χ1v) is 11.5. The van der Waals surface area contributed by atoms with Crippen LogP contribution in [0.25, 0.3) is 11.3 Å². The monoisotopic (exact) mass is 449 g/mol. The molecule has 0 radical (unpaired) electrons. The molecular weight excluding hydrogens is 426 g/mol. The van der Waals surface area contributed by atoms with Crippen molar-refractivity contribution in [2.45, 2.75) is 6.42 Å². The van der Waals surface area contributed by atoms with E-state index in [1.165, 1.54) is 10.5 Å². The maximum atomic E-state index is 12.8. The molecule has 2 aliphatic rings. The molecule has 5 rings (SSSR count). The Kier molecular flexibility index (Phi) is 5.87. The van der Waals surface area contributed by atoms with Crippen LogP contribution in [0.5, 0.6) is 5.75 Å². The zero-order chi connectivity index (χ0) is 21.9. The number of aromatic nitrogens is 1. The third-order valence-electron chi connectivity index (χ3n) is 5.60. The number of carbonyl (C=O) groups is 2. The highest BCUT2D eigenvalue weighted by Gasteiger charge is 2.30. The van der Waals surface area contributed by atoms with Crippen LogP contribution in [-0.4, -0.2) is 61.2 Å². The number of nitrogens with zero attached hydrogens (tertiary/aromatic N) is 3. The molecule has 164 valence electrons. The highest BCUT2D eigenvalue weighted by Crippen LogP contribution is 2.36. The van der Waals surface area contributed by atoms with Crippen molar-refractivity contribution >= 4 is 28.8 Å². The number of benzene rings is 2. The van der Waals surface area contributed by atoms with Crippen molar-refractivity contribution in [1.82, 2.24) is 9.88 Å². The van der Waals surface area contributed by atoms with E-state index in [0.29, 0.717) is 37.7 Å². The average molecular weight is 450 g/mol. The zero-order valence-electron chi connectivity index (χ0n) is 17.5. The van der Waals surface area contributed by atoms with Gasteiger partial charge in [-0.05, 0) is 23.8 Å². The number of morpholine rings is 1. The first-order valence-electron chi connectivity index (χ1n) is 10.6. The van der Waals surface area contributed by atoms with E-state index < -0.39 is 0 Å². The van der Waals surface area contributed by atoms with Gasteiger partial charge in [0.15, 0.2) is 6.61 Å². The van der Waals surface area contributed by atoms with E-state index in [4.69, 9.17) is 14.5 Å². The third kappa shape index (κ3) is 4.37. The van der Waals surface area contributed by atoms with Crippen LogP contribution in [0.4, 0.5) is 5.69 Å². The van der Waals surface area contributed by atoms with E-state index in [0.717, 1.165) is 22.7 Å². The van der Waals surface area contributed by atoms with Gasteiger partial charge in [-0.25, -0.2) is 4.98 Å². The summed E-state index contributed by atoms with van der Waals surface area (Å²) in [5, 5.41) is 3.05. The van der Waals surface area contributed by atoms with Crippen molar-refractivity contribution < 1.29 is 19.1 Å². The van der Waals surface area contributed by atoms with Gasteiger partial charge in [0.25, 0.3) is 5.91 Å².